The normalized spacial score (nSPS) is 10.8. The highest BCUT2D eigenvalue weighted by Crippen LogP contribution is 2.31. The number of nitrogens with zero attached hydrogens (tertiary/aromatic N) is 2. The summed E-state index contributed by atoms with van der Waals surface area (Å²) in [6.45, 7) is 6.78. The minimum absolute atomic E-state index is 0.0772. The Balaban J connectivity index is 1.58. The van der Waals surface area contributed by atoms with Gasteiger partial charge in [-0.05, 0) is 57.2 Å². The second-order valence-electron chi connectivity index (χ2n) is 7.75. The quantitative estimate of drug-likeness (QED) is 0.256. The van der Waals surface area contributed by atoms with Gasteiger partial charge in [0.1, 0.15) is 0 Å². The first kappa shape index (κ1) is 24.3. The highest BCUT2D eigenvalue weighted by molar-refractivity contribution is 7.99. The number of carbonyl (C=O) groups is 1. The van der Waals surface area contributed by atoms with Crippen LogP contribution in [0.3, 0.4) is 0 Å². The van der Waals surface area contributed by atoms with Crippen LogP contribution in [0.15, 0.2) is 76.7 Å². The molecule has 0 saturated heterocycles. The molecule has 1 heterocycles. The van der Waals surface area contributed by atoms with Gasteiger partial charge in [0.25, 0.3) is 5.56 Å². The Morgan fingerprint density at radius 2 is 1.69 bits per heavy atom. The van der Waals surface area contributed by atoms with E-state index in [-0.39, 0.29) is 17.2 Å². The van der Waals surface area contributed by atoms with E-state index >= 15 is 0 Å². The van der Waals surface area contributed by atoms with Gasteiger partial charge in [-0.25, -0.2) is 4.98 Å². The lowest BCUT2D eigenvalue weighted by atomic mass is 10.2. The highest BCUT2D eigenvalue weighted by atomic mass is 32.2. The topological polar surface area (TPSA) is 82.5 Å². The van der Waals surface area contributed by atoms with Crippen LogP contribution in [0.2, 0.25) is 0 Å². The van der Waals surface area contributed by atoms with Crippen molar-refractivity contribution in [1.29, 1.82) is 0 Å². The zero-order valence-corrected chi connectivity index (χ0v) is 20.7. The number of amides is 1. The molecule has 4 aromatic rings. The summed E-state index contributed by atoms with van der Waals surface area (Å²) in [7, 11) is 0. The van der Waals surface area contributed by atoms with Crippen molar-refractivity contribution in [1.82, 2.24) is 9.55 Å². The van der Waals surface area contributed by atoms with Crippen molar-refractivity contribution in [2.75, 3.05) is 24.3 Å². The molecule has 0 saturated carbocycles. The van der Waals surface area contributed by atoms with E-state index in [1.165, 1.54) is 11.8 Å². The summed E-state index contributed by atoms with van der Waals surface area (Å²) in [6.07, 6.45) is 0. The fourth-order valence-corrected chi connectivity index (χ4v) is 4.40. The number of anilines is 1. The number of nitrogens with one attached hydrogen (secondary N) is 1. The van der Waals surface area contributed by atoms with Crippen molar-refractivity contribution < 1.29 is 14.3 Å². The van der Waals surface area contributed by atoms with Crippen LogP contribution in [0.4, 0.5) is 5.69 Å². The molecule has 8 heteroatoms. The molecule has 0 radical (unpaired) electrons. The Bertz CT molecular complexity index is 1400. The van der Waals surface area contributed by atoms with Crippen LogP contribution in [0.1, 0.15) is 19.4 Å². The lowest BCUT2D eigenvalue weighted by molar-refractivity contribution is -0.113. The van der Waals surface area contributed by atoms with Crippen molar-refractivity contribution in [2.45, 2.75) is 25.9 Å². The predicted octanol–water partition coefficient (Wildman–Crippen LogP) is 5.22. The molecule has 180 valence electrons. The van der Waals surface area contributed by atoms with Gasteiger partial charge in [-0.2, -0.15) is 0 Å². The van der Waals surface area contributed by atoms with E-state index in [9.17, 15) is 9.59 Å². The largest absolute Gasteiger partial charge is 0.490 e. The van der Waals surface area contributed by atoms with Crippen molar-refractivity contribution in [3.8, 4) is 17.2 Å². The number of fused-ring (bicyclic) bond motifs is 1. The number of hydrogen-bond donors (Lipinski definition) is 1. The molecule has 1 amide bonds. The minimum Gasteiger partial charge on any atom is -0.490 e. The van der Waals surface area contributed by atoms with Crippen LogP contribution < -0.4 is 20.3 Å². The van der Waals surface area contributed by atoms with Gasteiger partial charge < -0.3 is 14.8 Å². The first-order valence-corrected chi connectivity index (χ1v) is 12.4. The molecule has 0 aliphatic carbocycles. The lowest BCUT2D eigenvalue weighted by Crippen LogP contribution is -2.23. The molecule has 0 bridgehead atoms. The number of aryl methyl sites for hydroxylation is 1. The van der Waals surface area contributed by atoms with E-state index in [0.717, 1.165) is 5.56 Å². The van der Waals surface area contributed by atoms with Crippen LogP contribution in [-0.4, -0.2) is 34.4 Å². The molecule has 0 aliphatic heterocycles. The summed E-state index contributed by atoms with van der Waals surface area (Å²) in [6, 6.07) is 20.2. The van der Waals surface area contributed by atoms with Gasteiger partial charge in [0.05, 0.1) is 35.6 Å². The summed E-state index contributed by atoms with van der Waals surface area (Å²) in [5.41, 5.74) is 2.82. The molecule has 4 rings (SSSR count). The number of hydrogen-bond acceptors (Lipinski definition) is 6. The number of thioether (sulfide) groups is 1. The fraction of sp³-hybridized carbons (Fsp3) is 0.222. The average Bonchev–Trinajstić information content (AvgIpc) is 2.85. The van der Waals surface area contributed by atoms with Gasteiger partial charge in [0.2, 0.25) is 5.91 Å². The number of carbonyl (C=O) groups excluding carboxylic acids is 1. The van der Waals surface area contributed by atoms with E-state index in [0.29, 0.717) is 52.1 Å². The first-order valence-electron chi connectivity index (χ1n) is 11.4. The zero-order chi connectivity index (χ0) is 24.8. The predicted molar refractivity (Wildman–Crippen MR) is 140 cm³/mol. The number of para-hydroxylation sites is 1. The molecule has 0 fully saturated rings. The van der Waals surface area contributed by atoms with Crippen molar-refractivity contribution in [3.05, 3.63) is 82.6 Å². The van der Waals surface area contributed by atoms with Crippen LogP contribution in [-0.2, 0) is 4.79 Å². The van der Waals surface area contributed by atoms with Crippen LogP contribution in [0.25, 0.3) is 16.6 Å². The van der Waals surface area contributed by atoms with E-state index in [2.05, 4.69) is 5.32 Å². The smallest absolute Gasteiger partial charge is 0.266 e. The summed E-state index contributed by atoms with van der Waals surface area (Å²) in [4.78, 5) is 30.8. The minimum atomic E-state index is -0.223. The molecule has 0 spiro atoms. The SMILES string of the molecule is CCOc1ccc(NC(=O)CSc2nc3ccccc3c(=O)n2-c2ccc(C)cc2)cc1OCC. The van der Waals surface area contributed by atoms with Crippen LogP contribution in [0.5, 0.6) is 11.5 Å². The number of rotatable bonds is 9. The second kappa shape index (κ2) is 11.1. The molecular formula is C27H27N3O4S. The van der Waals surface area contributed by atoms with Crippen LogP contribution >= 0.6 is 11.8 Å². The molecule has 7 nitrogen and oxygen atoms in total. The van der Waals surface area contributed by atoms with Gasteiger partial charge in [-0.1, -0.05) is 41.6 Å². The molecule has 0 aliphatic rings. The standard InChI is InChI=1S/C27H27N3O4S/c1-4-33-23-15-12-19(16-24(23)34-5-2)28-25(31)17-35-27-29-22-9-7-6-8-21(22)26(32)30(27)20-13-10-18(3)11-14-20/h6-16H,4-5,17H2,1-3H3,(H,28,31). The molecular weight excluding hydrogens is 462 g/mol. The monoisotopic (exact) mass is 489 g/mol. The van der Waals surface area contributed by atoms with Gasteiger partial charge in [-0.15, -0.1) is 0 Å². The van der Waals surface area contributed by atoms with E-state index in [1.54, 1.807) is 34.9 Å². The van der Waals surface area contributed by atoms with Gasteiger partial charge in [0.15, 0.2) is 16.7 Å². The Labute approximate surface area is 208 Å². The Kier molecular flexibility index (Phi) is 7.72. The third-order valence-electron chi connectivity index (χ3n) is 5.20. The van der Waals surface area contributed by atoms with E-state index in [4.69, 9.17) is 14.5 Å². The summed E-state index contributed by atoms with van der Waals surface area (Å²) in [5.74, 6) is 1.06. The van der Waals surface area contributed by atoms with E-state index in [1.807, 2.05) is 57.2 Å². The molecule has 0 atom stereocenters. The third kappa shape index (κ3) is 5.66. The van der Waals surface area contributed by atoms with Crippen LogP contribution in [0, 0.1) is 6.92 Å². The Morgan fingerprint density at radius 1 is 0.971 bits per heavy atom. The van der Waals surface area contributed by atoms with Crippen molar-refractivity contribution in [2.24, 2.45) is 0 Å². The Morgan fingerprint density at radius 3 is 2.43 bits per heavy atom. The van der Waals surface area contributed by atoms with Crippen molar-refractivity contribution in [3.63, 3.8) is 0 Å². The van der Waals surface area contributed by atoms with Crippen molar-refractivity contribution >= 4 is 34.3 Å². The maximum atomic E-state index is 13.3. The summed E-state index contributed by atoms with van der Waals surface area (Å²) >= 11 is 1.21. The maximum absolute atomic E-state index is 13.3. The molecule has 0 unspecified atom stereocenters. The second-order valence-corrected chi connectivity index (χ2v) is 8.69. The summed E-state index contributed by atoms with van der Waals surface area (Å²) in [5, 5.41) is 3.87. The average molecular weight is 490 g/mol. The fourth-order valence-electron chi connectivity index (χ4n) is 3.59. The van der Waals surface area contributed by atoms with E-state index < -0.39 is 0 Å². The zero-order valence-electron chi connectivity index (χ0n) is 19.9. The molecule has 1 N–H and O–H groups in total. The molecule has 35 heavy (non-hydrogen) atoms. The molecule has 3 aromatic carbocycles. The Hall–Kier alpha value is -3.78. The first-order chi connectivity index (χ1) is 17.0. The van der Waals surface area contributed by atoms with Gasteiger partial charge in [0, 0.05) is 11.8 Å². The van der Waals surface area contributed by atoms with Gasteiger partial charge in [-0.3, -0.25) is 14.2 Å². The number of aromatic nitrogens is 2. The lowest BCUT2D eigenvalue weighted by Gasteiger charge is -2.14. The molecule has 1 aromatic heterocycles. The number of benzene rings is 3. The third-order valence-corrected chi connectivity index (χ3v) is 6.14. The maximum Gasteiger partial charge on any atom is 0.266 e. The van der Waals surface area contributed by atoms with Gasteiger partial charge >= 0.3 is 0 Å². The summed E-state index contributed by atoms with van der Waals surface area (Å²) < 4.78 is 12.8. The highest BCUT2D eigenvalue weighted by Gasteiger charge is 2.15. The number of ether oxygens (including phenoxy) is 2.